The zero-order valence-corrected chi connectivity index (χ0v) is 16.1. The van der Waals surface area contributed by atoms with Gasteiger partial charge in [0.25, 0.3) is 0 Å². The van der Waals surface area contributed by atoms with Crippen LogP contribution in [-0.4, -0.2) is 29.7 Å². The van der Waals surface area contributed by atoms with E-state index < -0.39 is 0 Å². The molecule has 128 valence electrons. The van der Waals surface area contributed by atoms with E-state index in [2.05, 4.69) is 59.2 Å². The maximum absolute atomic E-state index is 12.0. The number of rotatable bonds is 6. The Labute approximate surface area is 133 Å². The lowest BCUT2D eigenvalue weighted by molar-refractivity contribution is 0.157. The molecule has 0 heterocycles. The van der Waals surface area contributed by atoms with Gasteiger partial charge in [0.1, 0.15) is 0 Å². The van der Waals surface area contributed by atoms with Gasteiger partial charge in [0.15, 0.2) is 0 Å². The van der Waals surface area contributed by atoms with Gasteiger partial charge in [-0.05, 0) is 45.4 Å². The molecule has 0 rings (SSSR count). The highest BCUT2D eigenvalue weighted by molar-refractivity contribution is 5.74. The summed E-state index contributed by atoms with van der Waals surface area (Å²) in [6.45, 7) is 19.0. The number of amides is 2. The smallest absolute Gasteiger partial charge is 0.329 e. The number of nitrogens with one attached hydrogen (secondary N) is 2. The van der Waals surface area contributed by atoms with Crippen LogP contribution in [0.15, 0.2) is 0 Å². The molecule has 0 aromatic heterocycles. The van der Waals surface area contributed by atoms with Gasteiger partial charge in [-0.15, -0.1) is 0 Å². The Morgan fingerprint density at radius 1 is 1.10 bits per heavy atom. The quantitative estimate of drug-likeness (QED) is 0.706. The molecule has 0 aliphatic heterocycles. The van der Waals surface area contributed by atoms with Crippen molar-refractivity contribution in [3.63, 3.8) is 0 Å². The average molecular weight is 302 g/mol. The molecule has 0 aliphatic carbocycles. The summed E-state index contributed by atoms with van der Waals surface area (Å²) >= 11 is 0. The van der Waals surface area contributed by atoms with Gasteiger partial charge >= 0.3 is 6.03 Å². The first-order valence-corrected chi connectivity index (χ1v) is 8.28. The Bertz CT molecular complexity index is 282. The second-order valence-corrected chi connectivity index (χ2v) is 7.38. The van der Waals surface area contributed by atoms with Crippen LogP contribution in [-0.2, 0) is 0 Å². The molecular formula is C17H39N3O. The van der Waals surface area contributed by atoms with Crippen molar-refractivity contribution in [1.82, 2.24) is 15.8 Å². The second-order valence-electron chi connectivity index (χ2n) is 7.38. The third-order valence-electron chi connectivity index (χ3n) is 3.48. The van der Waals surface area contributed by atoms with Crippen molar-refractivity contribution in [2.75, 3.05) is 7.05 Å². The zero-order chi connectivity index (χ0) is 17.3. The summed E-state index contributed by atoms with van der Waals surface area (Å²) < 4.78 is 0. The summed E-state index contributed by atoms with van der Waals surface area (Å²) in [4.78, 5) is 12.0. The van der Waals surface area contributed by atoms with E-state index >= 15 is 0 Å². The van der Waals surface area contributed by atoms with Gasteiger partial charge in [-0.25, -0.2) is 9.80 Å². The monoisotopic (exact) mass is 301 g/mol. The van der Waals surface area contributed by atoms with Crippen molar-refractivity contribution in [2.24, 2.45) is 5.41 Å². The van der Waals surface area contributed by atoms with Crippen molar-refractivity contribution in [3.8, 4) is 0 Å². The van der Waals surface area contributed by atoms with E-state index in [9.17, 15) is 4.79 Å². The van der Waals surface area contributed by atoms with Gasteiger partial charge in [0.05, 0.1) is 0 Å². The van der Waals surface area contributed by atoms with Crippen molar-refractivity contribution in [3.05, 3.63) is 0 Å². The molecule has 0 spiro atoms. The minimum Gasteiger partial charge on any atom is -0.332 e. The molecule has 21 heavy (non-hydrogen) atoms. The lowest BCUT2D eigenvalue weighted by atomic mass is 9.85. The molecule has 2 N–H and O–H groups in total. The zero-order valence-electron chi connectivity index (χ0n) is 16.1. The highest BCUT2D eigenvalue weighted by Crippen LogP contribution is 2.25. The van der Waals surface area contributed by atoms with E-state index in [-0.39, 0.29) is 11.6 Å². The molecule has 1 unspecified atom stereocenters. The standard InChI is InChI=1S/C15H33N3O.C2H6/c1-9-12(2)18(8)17-13(19)16-15(6,7)11-10-14(3,4)5;1-2/h12H,9-11H2,1-8H3,(H2,16,17,19);1-2H3. The summed E-state index contributed by atoms with van der Waals surface area (Å²) in [5.41, 5.74) is 2.97. The van der Waals surface area contributed by atoms with Crippen LogP contribution < -0.4 is 10.7 Å². The first-order valence-electron chi connectivity index (χ1n) is 8.28. The fourth-order valence-electron chi connectivity index (χ4n) is 1.63. The Balaban J connectivity index is 0. The number of carbonyl (C=O) groups excluding carboxylic acids is 1. The molecule has 0 radical (unpaired) electrons. The topological polar surface area (TPSA) is 44.4 Å². The molecule has 0 aromatic rings. The molecule has 0 aromatic carbocycles. The SMILES string of the molecule is CC.CCC(C)N(C)NC(=O)NC(C)(C)CCC(C)(C)C. The van der Waals surface area contributed by atoms with E-state index in [1.807, 2.05) is 25.9 Å². The molecule has 1 atom stereocenters. The largest absolute Gasteiger partial charge is 0.332 e. The van der Waals surface area contributed by atoms with Crippen LogP contribution in [0.4, 0.5) is 4.79 Å². The number of hydrazine groups is 1. The predicted octanol–water partition coefficient (Wildman–Crippen LogP) is 4.56. The third-order valence-corrected chi connectivity index (χ3v) is 3.48. The number of carbonyl (C=O) groups is 1. The minimum absolute atomic E-state index is 0.123. The fourth-order valence-corrected chi connectivity index (χ4v) is 1.63. The van der Waals surface area contributed by atoms with E-state index in [1.165, 1.54) is 0 Å². The first-order chi connectivity index (χ1) is 9.47. The van der Waals surface area contributed by atoms with Crippen LogP contribution in [0.5, 0.6) is 0 Å². The summed E-state index contributed by atoms with van der Waals surface area (Å²) in [7, 11) is 1.90. The molecule has 0 saturated carbocycles. The summed E-state index contributed by atoms with van der Waals surface area (Å²) in [6, 6.07) is 0.213. The van der Waals surface area contributed by atoms with Gasteiger partial charge in [0, 0.05) is 18.6 Å². The van der Waals surface area contributed by atoms with Crippen LogP contribution in [0.1, 0.15) is 81.6 Å². The summed E-state index contributed by atoms with van der Waals surface area (Å²) in [5.74, 6) is 0. The Hall–Kier alpha value is -0.770. The summed E-state index contributed by atoms with van der Waals surface area (Å²) in [6.07, 6.45) is 3.06. The number of hydrogen-bond donors (Lipinski definition) is 2. The van der Waals surface area contributed by atoms with Crippen LogP contribution in [0.3, 0.4) is 0 Å². The van der Waals surface area contributed by atoms with Crippen LogP contribution in [0.2, 0.25) is 0 Å². The van der Waals surface area contributed by atoms with Crippen LogP contribution in [0.25, 0.3) is 0 Å². The van der Waals surface area contributed by atoms with Gasteiger partial charge in [-0.3, -0.25) is 5.43 Å². The fraction of sp³-hybridized carbons (Fsp3) is 0.941. The lowest BCUT2D eigenvalue weighted by Crippen LogP contribution is -2.54. The number of urea groups is 1. The van der Waals surface area contributed by atoms with Crippen LogP contribution >= 0.6 is 0 Å². The second kappa shape index (κ2) is 10.0. The molecule has 4 nitrogen and oxygen atoms in total. The van der Waals surface area contributed by atoms with E-state index in [4.69, 9.17) is 0 Å². The normalized spacial score (nSPS) is 13.3. The molecule has 0 aliphatic rings. The Kier molecular flexibility index (Phi) is 10.8. The van der Waals surface area contributed by atoms with Gasteiger partial charge < -0.3 is 5.32 Å². The Morgan fingerprint density at radius 3 is 1.95 bits per heavy atom. The molecule has 0 saturated heterocycles. The third kappa shape index (κ3) is 12.7. The van der Waals surface area contributed by atoms with Crippen molar-refractivity contribution in [2.45, 2.75) is 93.2 Å². The van der Waals surface area contributed by atoms with Crippen LogP contribution in [0, 0.1) is 5.41 Å². The predicted molar refractivity (Wildman–Crippen MR) is 93.3 cm³/mol. The van der Waals surface area contributed by atoms with E-state index in [0.717, 1.165) is 19.3 Å². The highest BCUT2D eigenvalue weighted by atomic mass is 16.2. The average Bonchev–Trinajstić information content (AvgIpc) is 2.36. The van der Waals surface area contributed by atoms with Crippen molar-refractivity contribution in [1.29, 1.82) is 0 Å². The summed E-state index contributed by atoms with van der Waals surface area (Å²) in [5, 5.41) is 4.90. The highest BCUT2D eigenvalue weighted by Gasteiger charge is 2.24. The van der Waals surface area contributed by atoms with E-state index in [0.29, 0.717) is 11.5 Å². The van der Waals surface area contributed by atoms with Crippen molar-refractivity contribution < 1.29 is 4.79 Å². The Morgan fingerprint density at radius 2 is 1.57 bits per heavy atom. The number of nitrogens with zero attached hydrogens (tertiary/aromatic N) is 1. The maximum Gasteiger partial charge on any atom is 0.329 e. The molecule has 2 amide bonds. The molecule has 0 fully saturated rings. The maximum atomic E-state index is 12.0. The minimum atomic E-state index is -0.187. The molecule has 4 heteroatoms. The van der Waals surface area contributed by atoms with Gasteiger partial charge in [0.2, 0.25) is 0 Å². The van der Waals surface area contributed by atoms with Gasteiger partial charge in [-0.1, -0.05) is 41.5 Å². The van der Waals surface area contributed by atoms with Crippen molar-refractivity contribution >= 4 is 6.03 Å². The lowest BCUT2D eigenvalue weighted by Gasteiger charge is -2.32. The van der Waals surface area contributed by atoms with E-state index in [1.54, 1.807) is 0 Å². The first kappa shape index (κ1) is 22.5. The molecular weight excluding hydrogens is 262 g/mol. The number of hydrogen-bond acceptors (Lipinski definition) is 2. The molecule has 0 bridgehead atoms. The van der Waals surface area contributed by atoms with Gasteiger partial charge in [-0.2, -0.15) is 0 Å².